The van der Waals surface area contributed by atoms with Gasteiger partial charge < -0.3 is 4.98 Å². The van der Waals surface area contributed by atoms with Gasteiger partial charge in [0.15, 0.2) is 0 Å². The van der Waals surface area contributed by atoms with Gasteiger partial charge in [0.05, 0.1) is 5.39 Å². The third-order valence-corrected chi connectivity index (χ3v) is 4.37. The second-order valence-electron chi connectivity index (χ2n) is 4.29. The number of nitrogens with zero attached hydrogens (tertiary/aromatic N) is 3. The maximum absolute atomic E-state index is 12.0. The van der Waals surface area contributed by atoms with Gasteiger partial charge in [-0.2, -0.15) is 0 Å². The van der Waals surface area contributed by atoms with Crippen LogP contribution in [0.3, 0.4) is 0 Å². The van der Waals surface area contributed by atoms with Crippen molar-refractivity contribution in [3.63, 3.8) is 0 Å². The third-order valence-electron chi connectivity index (χ3n) is 3.08. The van der Waals surface area contributed by atoms with E-state index in [1.807, 2.05) is 6.20 Å². The van der Waals surface area contributed by atoms with Crippen LogP contribution in [0.2, 0.25) is 0 Å². The summed E-state index contributed by atoms with van der Waals surface area (Å²) >= 11 is 8.05. The van der Waals surface area contributed by atoms with Crippen LogP contribution in [0.1, 0.15) is 6.42 Å². The first kappa shape index (κ1) is 12.2. The Labute approximate surface area is 122 Å². The highest BCUT2D eigenvalue weighted by Crippen LogP contribution is 2.31. The van der Waals surface area contributed by atoms with Crippen LogP contribution in [0.4, 0.5) is 5.82 Å². The summed E-state index contributed by atoms with van der Waals surface area (Å²) in [6.07, 6.45) is 3.84. The van der Waals surface area contributed by atoms with Crippen LogP contribution in [-0.2, 0) is 4.79 Å². The van der Waals surface area contributed by atoms with Crippen molar-refractivity contribution in [3.05, 3.63) is 16.1 Å². The van der Waals surface area contributed by atoms with Crippen molar-refractivity contribution in [2.45, 2.75) is 6.42 Å². The van der Waals surface area contributed by atoms with Crippen LogP contribution in [0, 0.1) is 9.49 Å². The van der Waals surface area contributed by atoms with Crippen LogP contribution >= 0.6 is 34.2 Å². The molecule has 94 valence electrons. The van der Waals surface area contributed by atoms with Crippen molar-refractivity contribution >= 4 is 57.0 Å². The van der Waals surface area contributed by atoms with Crippen molar-refractivity contribution in [3.8, 4) is 0 Å². The molecule has 18 heavy (non-hydrogen) atoms. The second-order valence-corrected chi connectivity index (χ2v) is 5.76. The number of carbonyl (C=O) groups is 1. The molecule has 0 radical (unpaired) electrons. The maximum atomic E-state index is 12.0. The Morgan fingerprint density at radius 2 is 2.39 bits per heavy atom. The number of alkyl halides is 1. The highest BCUT2D eigenvalue weighted by molar-refractivity contribution is 14.1. The minimum Gasteiger partial charge on any atom is -0.345 e. The summed E-state index contributed by atoms with van der Waals surface area (Å²) in [5.41, 5.74) is 0.756. The van der Waals surface area contributed by atoms with Crippen molar-refractivity contribution in [2.24, 2.45) is 5.92 Å². The second kappa shape index (κ2) is 4.65. The lowest BCUT2D eigenvalue weighted by molar-refractivity contribution is -0.117. The lowest BCUT2D eigenvalue weighted by atomic mass is 10.1. The van der Waals surface area contributed by atoms with E-state index in [2.05, 4.69) is 37.5 Å². The third kappa shape index (κ3) is 1.87. The number of fused-ring (bicyclic) bond motifs is 1. The monoisotopic (exact) mass is 376 g/mol. The molecule has 1 N–H and O–H groups in total. The van der Waals surface area contributed by atoms with Gasteiger partial charge in [0.2, 0.25) is 5.91 Å². The fraction of sp³-hybridized carbons (Fsp3) is 0.364. The van der Waals surface area contributed by atoms with Crippen LogP contribution in [0.5, 0.6) is 0 Å². The van der Waals surface area contributed by atoms with Crippen LogP contribution in [-0.4, -0.2) is 33.3 Å². The van der Waals surface area contributed by atoms with Gasteiger partial charge in [-0.15, -0.1) is 11.6 Å². The SMILES string of the molecule is O=C1CC(CCl)CN1c1ncnc2[nH]cc(I)c12. The Kier molecular flexibility index (Phi) is 3.14. The smallest absolute Gasteiger partial charge is 0.228 e. The number of carbonyl (C=O) groups excluding carboxylic acids is 1. The highest BCUT2D eigenvalue weighted by Gasteiger charge is 2.32. The predicted octanol–water partition coefficient (Wildman–Crippen LogP) is 2.15. The van der Waals surface area contributed by atoms with E-state index in [-0.39, 0.29) is 11.8 Å². The van der Waals surface area contributed by atoms with E-state index in [1.54, 1.807) is 4.90 Å². The molecular formula is C11H10ClIN4O. The molecule has 1 aliphatic rings. The predicted molar refractivity (Wildman–Crippen MR) is 77.8 cm³/mol. The van der Waals surface area contributed by atoms with E-state index < -0.39 is 0 Å². The molecule has 1 fully saturated rings. The number of nitrogens with one attached hydrogen (secondary N) is 1. The molecule has 0 bridgehead atoms. The summed E-state index contributed by atoms with van der Waals surface area (Å²) in [6, 6.07) is 0. The molecule has 2 aromatic heterocycles. The summed E-state index contributed by atoms with van der Waals surface area (Å²) in [6.45, 7) is 0.635. The molecule has 7 heteroatoms. The van der Waals surface area contributed by atoms with Crippen molar-refractivity contribution in [1.29, 1.82) is 0 Å². The Bertz CT molecular complexity index is 614. The lowest BCUT2D eigenvalue weighted by Crippen LogP contribution is -2.26. The quantitative estimate of drug-likeness (QED) is 0.645. The van der Waals surface area contributed by atoms with E-state index in [0.717, 1.165) is 14.6 Å². The number of rotatable bonds is 2. The van der Waals surface area contributed by atoms with E-state index in [4.69, 9.17) is 11.6 Å². The number of H-pyrrole nitrogens is 1. The molecule has 5 nitrogen and oxygen atoms in total. The molecule has 1 unspecified atom stereocenters. The molecule has 3 heterocycles. The maximum Gasteiger partial charge on any atom is 0.228 e. The van der Waals surface area contributed by atoms with Crippen LogP contribution < -0.4 is 4.90 Å². The lowest BCUT2D eigenvalue weighted by Gasteiger charge is -2.16. The number of anilines is 1. The van der Waals surface area contributed by atoms with E-state index in [1.165, 1.54) is 6.33 Å². The summed E-state index contributed by atoms with van der Waals surface area (Å²) in [5, 5.41) is 0.904. The standard InChI is InChI=1S/C11H10ClIN4O/c12-2-6-1-8(18)17(4-6)11-9-7(13)3-14-10(9)15-5-16-11/h3,5-6H,1-2,4H2,(H,14,15,16). The molecule has 0 aromatic carbocycles. The highest BCUT2D eigenvalue weighted by atomic mass is 127. The average Bonchev–Trinajstić information content (AvgIpc) is 2.93. The van der Waals surface area contributed by atoms with Crippen LogP contribution in [0.25, 0.3) is 11.0 Å². The van der Waals surface area contributed by atoms with Gasteiger partial charge >= 0.3 is 0 Å². The summed E-state index contributed by atoms with van der Waals surface area (Å²) in [7, 11) is 0. The molecule has 1 saturated heterocycles. The molecule has 1 amide bonds. The molecular weight excluding hydrogens is 367 g/mol. The number of halogens is 2. The van der Waals surface area contributed by atoms with Crippen LogP contribution in [0.15, 0.2) is 12.5 Å². The van der Waals surface area contributed by atoms with E-state index >= 15 is 0 Å². The summed E-state index contributed by atoms with van der Waals surface area (Å²) < 4.78 is 1.01. The Balaban J connectivity index is 2.09. The molecule has 2 aromatic rings. The van der Waals surface area contributed by atoms with Gasteiger partial charge in [-0.1, -0.05) is 0 Å². The fourth-order valence-corrected chi connectivity index (χ4v) is 3.06. The van der Waals surface area contributed by atoms with Gasteiger partial charge in [-0.05, 0) is 28.5 Å². The summed E-state index contributed by atoms with van der Waals surface area (Å²) in [4.78, 5) is 25.2. The van der Waals surface area contributed by atoms with E-state index in [9.17, 15) is 4.79 Å². The molecule has 0 saturated carbocycles. The van der Waals surface area contributed by atoms with Gasteiger partial charge in [-0.3, -0.25) is 9.69 Å². The first-order valence-corrected chi connectivity index (χ1v) is 7.16. The molecule has 1 aliphatic heterocycles. The van der Waals surface area contributed by atoms with Gasteiger partial charge in [0, 0.05) is 28.6 Å². The zero-order valence-corrected chi connectivity index (χ0v) is 12.3. The first-order chi connectivity index (χ1) is 8.70. The fourth-order valence-electron chi connectivity index (χ4n) is 2.20. The zero-order chi connectivity index (χ0) is 12.7. The Morgan fingerprint density at radius 1 is 1.56 bits per heavy atom. The van der Waals surface area contributed by atoms with Gasteiger partial charge in [0.25, 0.3) is 0 Å². The van der Waals surface area contributed by atoms with Crippen molar-refractivity contribution in [1.82, 2.24) is 15.0 Å². The van der Waals surface area contributed by atoms with E-state index in [0.29, 0.717) is 24.7 Å². The molecule has 0 aliphatic carbocycles. The number of aromatic amines is 1. The number of aromatic nitrogens is 3. The number of hydrogen-bond donors (Lipinski definition) is 1. The minimum absolute atomic E-state index is 0.0812. The Morgan fingerprint density at radius 3 is 3.11 bits per heavy atom. The average molecular weight is 377 g/mol. The van der Waals surface area contributed by atoms with Gasteiger partial charge in [0.1, 0.15) is 17.8 Å². The minimum atomic E-state index is 0.0812. The van der Waals surface area contributed by atoms with Crippen molar-refractivity contribution < 1.29 is 4.79 Å². The normalized spacial score (nSPS) is 20.0. The first-order valence-electron chi connectivity index (χ1n) is 5.54. The summed E-state index contributed by atoms with van der Waals surface area (Å²) in [5.74, 6) is 1.47. The van der Waals surface area contributed by atoms with Gasteiger partial charge in [-0.25, -0.2) is 9.97 Å². The zero-order valence-electron chi connectivity index (χ0n) is 9.36. The van der Waals surface area contributed by atoms with Crippen molar-refractivity contribution in [2.75, 3.05) is 17.3 Å². The topological polar surface area (TPSA) is 61.9 Å². The molecule has 3 rings (SSSR count). The molecule has 0 spiro atoms. The number of hydrogen-bond acceptors (Lipinski definition) is 3. The Hall–Kier alpha value is -0.890. The largest absolute Gasteiger partial charge is 0.345 e. The molecule has 1 atom stereocenters. The number of amides is 1.